The molecule has 1 saturated heterocycles. The molecule has 1 aliphatic rings. The lowest BCUT2D eigenvalue weighted by Crippen LogP contribution is -2.50. The maximum atomic E-state index is 12.5. The number of piperidine rings is 1. The van der Waals surface area contributed by atoms with Crippen LogP contribution in [0.25, 0.3) is 0 Å². The van der Waals surface area contributed by atoms with Gasteiger partial charge in [0.05, 0.1) is 6.54 Å². The quantitative estimate of drug-likeness (QED) is 0.863. The van der Waals surface area contributed by atoms with Crippen LogP contribution >= 0.6 is 12.4 Å². The topological polar surface area (TPSA) is 76.0 Å². The number of nitrogens with zero attached hydrogens (tertiary/aromatic N) is 2. The van der Waals surface area contributed by atoms with Gasteiger partial charge >= 0.3 is 0 Å². The fourth-order valence-electron chi connectivity index (χ4n) is 2.86. The molecule has 25 heavy (non-hydrogen) atoms. The standard InChI is InChI=1S/C18H22N4O2.ClH/c1-13-9-10-19-11-16(13)20-18(24)15-7-8-17(23)22(21-15)12-14-5-3-2-4-6-14;/h2-8,13,16,19H,9-12H2,1H3,(H,20,24);1H. The van der Waals surface area contributed by atoms with Gasteiger partial charge in [-0.25, -0.2) is 4.68 Å². The summed E-state index contributed by atoms with van der Waals surface area (Å²) in [5.41, 5.74) is 1.01. The van der Waals surface area contributed by atoms with Crippen molar-refractivity contribution in [2.24, 2.45) is 5.92 Å². The van der Waals surface area contributed by atoms with Gasteiger partial charge < -0.3 is 10.6 Å². The third kappa shape index (κ3) is 4.90. The molecule has 0 saturated carbocycles. The van der Waals surface area contributed by atoms with E-state index in [4.69, 9.17) is 0 Å². The Kier molecular flexibility index (Phi) is 6.73. The fraction of sp³-hybridized carbons (Fsp3) is 0.389. The molecule has 7 heteroatoms. The molecule has 1 aliphatic heterocycles. The fourth-order valence-corrected chi connectivity index (χ4v) is 2.86. The number of carbonyl (C=O) groups excluding carboxylic acids is 1. The van der Waals surface area contributed by atoms with Crippen LogP contribution in [0.5, 0.6) is 0 Å². The summed E-state index contributed by atoms with van der Waals surface area (Å²) in [6.45, 7) is 4.22. The van der Waals surface area contributed by atoms with Crippen LogP contribution in [0.15, 0.2) is 47.3 Å². The van der Waals surface area contributed by atoms with Gasteiger partial charge in [-0.1, -0.05) is 37.3 Å². The summed E-state index contributed by atoms with van der Waals surface area (Å²) in [4.78, 5) is 24.5. The van der Waals surface area contributed by atoms with E-state index in [2.05, 4.69) is 22.7 Å². The second kappa shape index (κ2) is 8.78. The number of hydrogen-bond donors (Lipinski definition) is 2. The highest BCUT2D eigenvalue weighted by Crippen LogP contribution is 2.11. The van der Waals surface area contributed by atoms with E-state index in [1.807, 2.05) is 30.3 Å². The molecule has 6 nitrogen and oxygen atoms in total. The molecule has 2 aromatic rings. The van der Waals surface area contributed by atoms with Crippen molar-refractivity contribution in [3.8, 4) is 0 Å². The zero-order valence-electron chi connectivity index (χ0n) is 14.1. The van der Waals surface area contributed by atoms with E-state index in [0.717, 1.165) is 25.1 Å². The zero-order chi connectivity index (χ0) is 16.9. The second-order valence-electron chi connectivity index (χ2n) is 6.25. The summed E-state index contributed by atoms with van der Waals surface area (Å²) in [5, 5.41) is 10.5. The smallest absolute Gasteiger partial charge is 0.271 e. The maximum Gasteiger partial charge on any atom is 0.271 e. The monoisotopic (exact) mass is 362 g/mol. The molecule has 2 unspecified atom stereocenters. The van der Waals surface area contributed by atoms with E-state index >= 15 is 0 Å². The van der Waals surface area contributed by atoms with Gasteiger partial charge in [0.1, 0.15) is 5.69 Å². The predicted octanol–water partition coefficient (Wildman–Crippen LogP) is 1.44. The number of halogens is 1. The first-order chi connectivity index (χ1) is 11.6. The normalized spacial score (nSPS) is 19.7. The van der Waals surface area contributed by atoms with Crippen molar-refractivity contribution >= 4 is 18.3 Å². The van der Waals surface area contributed by atoms with Gasteiger partial charge in [-0.05, 0) is 30.5 Å². The van der Waals surface area contributed by atoms with Gasteiger partial charge in [0.2, 0.25) is 0 Å². The number of amides is 1. The molecule has 2 N–H and O–H groups in total. The van der Waals surface area contributed by atoms with Gasteiger partial charge in [-0.3, -0.25) is 9.59 Å². The molecule has 0 radical (unpaired) electrons. The van der Waals surface area contributed by atoms with Crippen molar-refractivity contribution in [3.63, 3.8) is 0 Å². The van der Waals surface area contributed by atoms with E-state index in [-0.39, 0.29) is 35.6 Å². The molecular formula is C18H23ClN4O2. The average Bonchev–Trinajstić information content (AvgIpc) is 2.60. The van der Waals surface area contributed by atoms with Crippen LogP contribution in [0.3, 0.4) is 0 Å². The molecule has 1 aromatic heterocycles. The lowest BCUT2D eigenvalue weighted by molar-refractivity contribution is 0.0907. The Morgan fingerprint density at radius 2 is 2.04 bits per heavy atom. The highest BCUT2D eigenvalue weighted by Gasteiger charge is 2.23. The largest absolute Gasteiger partial charge is 0.346 e. The summed E-state index contributed by atoms with van der Waals surface area (Å²) in [6, 6.07) is 12.6. The van der Waals surface area contributed by atoms with Gasteiger partial charge in [-0.15, -0.1) is 12.4 Å². The van der Waals surface area contributed by atoms with E-state index in [0.29, 0.717) is 12.5 Å². The van der Waals surface area contributed by atoms with Crippen molar-refractivity contribution in [2.75, 3.05) is 13.1 Å². The van der Waals surface area contributed by atoms with Crippen molar-refractivity contribution in [2.45, 2.75) is 25.9 Å². The van der Waals surface area contributed by atoms with Crippen LogP contribution in [0.4, 0.5) is 0 Å². The highest BCUT2D eigenvalue weighted by atomic mass is 35.5. The number of benzene rings is 1. The maximum absolute atomic E-state index is 12.5. The van der Waals surface area contributed by atoms with Gasteiger partial charge in [0.15, 0.2) is 0 Å². The molecule has 0 spiro atoms. The van der Waals surface area contributed by atoms with Crippen LogP contribution in [-0.4, -0.2) is 34.8 Å². The summed E-state index contributed by atoms with van der Waals surface area (Å²) < 4.78 is 1.33. The SMILES string of the molecule is CC1CCNCC1NC(=O)c1ccc(=O)n(Cc2ccccc2)n1.Cl. The van der Waals surface area contributed by atoms with E-state index in [9.17, 15) is 9.59 Å². The van der Waals surface area contributed by atoms with Crippen molar-refractivity contribution in [1.29, 1.82) is 0 Å². The number of carbonyl (C=O) groups is 1. The van der Waals surface area contributed by atoms with Crippen molar-refractivity contribution in [1.82, 2.24) is 20.4 Å². The van der Waals surface area contributed by atoms with Crippen LogP contribution < -0.4 is 16.2 Å². The minimum Gasteiger partial charge on any atom is -0.346 e. The molecule has 1 fully saturated rings. The molecule has 1 amide bonds. The number of nitrogens with one attached hydrogen (secondary N) is 2. The minimum absolute atomic E-state index is 0. The third-order valence-electron chi connectivity index (χ3n) is 4.42. The highest BCUT2D eigenvalue weighted by molar-refractivity contribution is 5.92. The minimum atomic E-state index is -0.239. The Bertz CT molecular complexity index is 763. The third-order valence-corrected chi connectivity index (χ3v) is 4.42. The van der Waals surface area contributed by atoms with Crippen molar-refractivity contribution in [3.05, 3.63) is 64.1 Å². The molecular weight excluding hydrogens is 340 g/mol. The Labute approximate surface area is 153 Å². The van der Waals surface area contributed by atoms with E-state index in [1.165, 1.54) is 16.8 Å². The Hall–Kier alpha value is -2.18. The van der Waals surface area contributed by atoms with E-state index in [1.54, 1.807) is 0 Å². The molecule has 0 bridgehead atoms. The average molecular weight is 363 g/mol. The molecule has 0 aliphatic carbocycles. The Morgan fingerprint density at radius 3 is 2.76 bits per heavy atom. The number of hydrogen-bond acceptors (Lipinski definition) is 4. The van der Waals surface area contributed by atoms with Crippen molar-refractivity contribution < 1.29 is 4.79 Å². The lowest BCUT2D eigenvalue weighted by atomic mass is 9.95. The van der Waals surface area contributed by atoms with Gasteiger partial charge in [-0.2, -0.15) is 5.10 Å². The Balaban J connectivity index is 0.00000225. The summed E-state index contributed by atoms with van der Waals surface area (Å²) in [7, 11) is 0. The first-order valence-electron chi connectivity index (χ1n) is 8.27. The number of rotatable bonds is 4. The lowest BCUT2D eigenvalue weighted by Gasteiger charge is -2.30. The summed E-state index contributed by atoms with van der Waals surface area (Å²) in [6.07, 6.45) is 1.03. The predicted molar refractivity (Wildman–Crippen MR) is 99.2 cm³/mol. The van der Waals surface area contributed by atoms with Crippen LogP contribution in [0.1, 0.15) is 29.4 Å². The summed E-state index contributed by atoms with van der Waals surface area (Å²) in [5.74, 6) is 0.183. The first-order valence-corrected chi connectivity index (χ1v) is 8.27. The molecule has 3 rings (SSSR count). The molecule has 1 aromatic carbocycles. The number of aromatic nitrogens is 2. The molecule has 134 valence electrons. The van der Waals surface area contributed by atoms with Crippen LogP contribution in [0.2, 0.25) is 0 Å². The molecule has 2 atom stereocenters. The van der Waals surface area contributed by atoms with Gasteiger partial charge in [0.25, 0.3) is 11.5 Å². The van der Waals surface area contributed by atoms with Gasteiger partial charge in [0, 0.05) is 18.7 Å². The zero-order valence-corrected chi connectivity index (χ0v) is 15.0. The molecule has 2 heterocycles. The van der Waals surface area contributed by atoms with Crippen LogP contribution in [0, 0.1) is 5.92 Å². The first kappa shape index (κ1) is 19.1. The Morgan fingerprint density at radius 1 is 1.28 bits per heavy atom. The second-order valence-corrected chi connectivity index (χ2v) is 6.25. The van der Waals surface area contributed by atoms with E-state index < -0.39 is 0 Å². The van der Waals surface area contributed by atoms with Crippen LogP contribution in [-0.2, 0) is 6.54 Å². The summed E-state index contributed by atoms with van der Waals surface area (Å²) >= 11 is 0.